The van der Waals surface area contributed by atoms with Crippen LogP contribution in [-0.2, 0) is 5.54 Å². The fraction of sp³-hybridized carbons (Fsp3) is 0.333. The summed E-state index contributed by atoms with van der Waals surface area (Å²) in [6.07, 6.45) is 11.5. The molecule has 5 rings (SSSR count). The van der Waals surface area contributed by atoms with Crippen LogP contribution in [0.5, 0.6) is 0 Å². The zero-order valence-electron chi connectivity index (χ0n) is 16.8. The van der Waals surface area contributed by atoms with Gasteiger partial charge in [-0.15, -0.1) is 0 Å². The fourth-order valence-corrected chi connectivity index (χ4v) is 4.31. The number of H-pyrrole nitrogens is 1. The van der Waals surface area contributed by atoms with Crippen LogP contribution in [0.2, 0.25) is 0 Å². The number of aliphatic imine (C=N–C) groups is 1. The molecule has 150 valence electrons. The van der Waals surface area contributed by atoms with E-state index in [2.05, 4.69) is 31.5 Å². The number of aromatic amines is 1. The van der Waals surface area contributed by atoms with Crippen LogP contribution in [0, 0.1) is 24.2 Å². The number of fused-ring (bicyclic) bond motifs is 1. The molecule has 0 unspecified atom stereocenters. The standard InChI is InChI=1S/C21H21N9/c1-14-7-17(28-27-14)18-13-29-19(3-6-24-29)20(26-18)16-11-25-30(12-16)21(4-5-22)8-15(9-21)10-23-2/h3,6-7,10-13,15H,4,8-9H2,1-2H3,(H,27,28). The number of nitriles is 1. The number of aryl methyl sites for hydroxylation is 1. The van der Waals surface area contributed by atoms with E-state index in [1.807, 2.05) is 48.5 Å². The normalized spacial score (nSPS) is 21.2. The van der Waals surface area contributed by atoms with E-state index in [1.54, 1.807) is 17.8 Å². The lowest BCUT2D eigenvalue weighted by Crippen LogP contribution is -2.47. The van der Waals surface area contributed by atoms with Gasteiger partial charge in [-0.3, -0.25) is 9.78 Å². The third-order valence-electron chi connectivity index (χ3n) is 5.75. The maximum absolute atomic E-state index is 9.39. The molecule has 1 saturated carbocycles. The predicted octanol–water partition coefficient (Wildman–Crippen LogP) is 3.01. The van der Waals surface area contributed by atoms with Gasteiger partial charge in [0.2, 0.25) is 0 Å². The summed E-state index contributed by atoms with van der Waals surface area (Å²) >= 11 is 0. The molecule has 4 heterocycles. The molecule has 1 aliphatic carbocycles. The minimum absolute atomic E-state index is 0.285. The maximum Gasteiger partial charge on any atom is 0.112 e. The van der Waals surface area contributed by atoms with E-state index in [-0.39, 0.29) is 5.54 Å². The van der Waals surface area contributed by atoms with Gasteiger partial charge in [0, 0.05) is 30.7 Å². The minimum atomic E-state index is -0.285. The molecular weight excluding hydrogens is 378 g/mol. The highest BCUT2D eigenvalue weighted by atomic mass is 15.3. The number of nitrogens with one attached hydrogen (secondary N) is 1. The van der Waals surface area contributed by atoms with E-state index >= 15 is 0 Å². The van der Waals surface area contributed by atoms with Gasteiger partial charge in [0.05, 0.1) is 47.8 Å². The molecule has 1 fully saturated rings. The molecule has 9 heteroatoms. The van der Waals surface area contributed by atoms with Crippen LogP contribution in [0.4, 0.5) is 0 Å². The highest BCUT2D eigenvalue weighted by Gasteiger charge is 2.45. The van der Waals surface area contributed by atoms with Crippen molar-refractivity contribution in [1.82, 2.24) is 34.6 Å². The van der Waals surface area contributed by atoms with Gasteiger partial charge in [0.15, 0.2) is 0 Å². The molecule has 4 aromatic heterocycles. The molecule has 30 heavy (non-hydrogen) atoms. The Balaban J connectivity index is 1.56. The van der Waals surface area contributed by atoms with Crippen LogP contribution in [0.3, 0.4) is 0 Å². The molecule has 0 spiro atoms. The van der Waals surface area contributed by atoms with E-state index in [0.717, 1.165) is 46.7 Å². The Bertz CT molecular complexity index is 1280. The first kappa shape index (κ1) is 18.2. The van der Waals surface area contributed by atoms with Crippen molar-refractivity contribution in [3.8, 4) is 28.7 Å². The summed E-state index contributed by atoms with van der Waals surface area (Å²) in [6.45, 7) is 1.96. The molecule has 0 radical (unpaired) electrons. The number of rotatable bonds is 5. The Hall–Kier alpha value is -3.80. The van der Waals surface area contributed by atoms with E-state index < -0.39 is 0 Å². The lowest BCUT2D eigenvalue weighted by molar-refractivity contribution is 0.0968. The van der Waals surface area contributed by atoms with Crippen LogP contribution in [0.15, 0.2) is 41.9 Å². The van der Waals surface area contributed by atoms with Crippen LogP contribution in [-0.4, -0.2) is 47.8 Å². The monoisotopic (exact) mass is 399 g/mol. The first-order chi connectivity index (χ1) is 14.6. The van der Waals surface area contributed by atoms with Crippen molar-refractivity contribution in [2.45, 2.75) is 31.7 Å². The maximum atomic E-state index is 9.39. The molecule has 0 atom stereocenters. The summed E-state index contributed by atoms with van der Waals surface area (Å²) < 4.78 is 3.74. The van der Waals surface area contributed by atoms with Crippen LogP contribution in [0.25, 0.3) is 28.2 Å². The topological polar surface area (TPSA) is 113 Å². The van der Waals surface area contributed by atoms with Crippen molar-refractivity contribution in [2.75, 3.05) is 7.05 Å². The summed E-state index contributed by atoms with van der Waals surface area (Å²) in [6, 6.07) is 6.22. The molecular formula is C21H21N9. The number of nitrogens with zero attached hydrogens (tertiary/aromatic N) is 8. The zero-order chi connectivity index (χ0) is 20.7. The SMILES string of the molecule is CN=CC1CC(CC#N)(n2cc(-c3nc(-c4cc(C)[nH]n4)cn4nccc34)cn2)C1. The second kappa shape index (κ2) is 6.91. The lowest BCUT2D eigenvalue weighted by atomic mass is 9.67. The number of aromatic nitrogens is 7. The Morgan fingerprint density at radius 3 is 2.93 bits per heavy atom. The largest absolute Gasteiger partial charge is 0.301 e. The second-order valence-electron chi connectivity index (χ2n) is 7.88. The van der Waals surface area contributed by atoms with Gasteiger partial charge in [-0.25, -0.2) is 9.50 Å². The Kier molecular flexibility index (Phi) is 4.20. The zero-order valence-corrected chi connectivity index (χ0v) is 16.8. The van der Waals surface area contributed by atoms with Crippen LogP contribution >= 0.6 is 0 Å². The summed E-state index contributed by atoms with van der Waals surface area (Å²) in [5, 5.41) is 25.7. The highest BCUT2D eigenvalue weighted by molar-refractivity contribution is 5.78. The van der Waals surface area contributed by atoms with Crippen molar-refractivity contribution in [2.24, 2.45) is 10.9 Å². The van der Waals surface area contributed by atoms with E-state index in [0.29, 0.717) is 12.3 Å². The van der Waals surface area contributed by atoms with Crippen LogP contribution in [0.1, 0.15) is 25.0 Å². The van der Waals surface area contributed by atoms with Crippen molar-refractivity contribution in [3.63, 3.8) is 0 Å². The smallest absolute Gasteiger partial charge is 0.112 e. The van der Waals surface area contributed by atoms with Gasteiger partial charge in [0.25, 0.3) is 0 Å². The minimum Gasteiger partial charge on any atom is -0.301 e. The predicted molar refractivity (Wildman–Crippen MR) is 112 cm³/mol. The number of hydrogen-bond donors (Lipinski definition) is 1. The van der Waals surface area contributed by atoms with Gasteiger partial charge in [-0.05, 0) is 37.8 Å². The average Bonchev–Trinajstić information content (AvgIpc) is 3.45. The van der Waals surface area contributed by atoms with E-state index in [1.165, 1.54) is 0 Å². The molecule has 1 N–H and O–H groups in total. The van der Waals surface area contributed by atoms with Crippen LogP contribution < -0.4 is 0 Å². The average molecular weight is 399 g/mol. The van der Waals surface area contributed by atoms with E-state index in [9.17, 15) is 5.26 Å². The molecule has 0 aliphatic heterocycles. The van der Waals surface area contributed by atoms with Crippen molar-refractivity contribution in [3.05, 3.63) is 42.6 Å². The first-order valence-corrected chi connectivity index (χ1v) is 9.83. The molecule has 0 saturated heterocycles. The third kappa shape index (κ3) is 2.88. The van der Waals surface area contributed by atoms with Gasteiger partial charge >= 0.3 is 0 Å². The first-order valence-electron chi connectivity index (χ1n) is 9.83. The second-order valence-corrected chi connectivity index (χ2v) is 7.88. The summed E-state index contributed by atoms with van der Waals surface area (Å²) in [5.74, 6) is 0.391. The van der Waals surface area contributed by atoms with Gasteiger partial charge < -0.3 is 4.99 Å². The Morgan fingerprint density at radius 2 is 2.20 bits per heavy atom. The van der Waals surface area contributed by atoms with E-state index in [4.69, 9.17) is 4.98 Å². The fourth-order valence-electron chi connectivity index (χ4n) is 4.31. The summed E-state index contributed by atoms with van der Waals surface area (Å²) in [7, 11) is 1.78. The quantitative estimate of drug-likeness (QED) is 0.518. The van der Waals surface area contributed by atoms with Crippen molar-refractivity contribution >= 4 is 11.7 Å². The van der Waals surface area contributed by atoms with Crippen molar-refractivity contribution in [1.29, 1.82) is 5.26 Å². The van der Waals surface area contributed by atoms with Gasteiger partial charge in [0.1, 0.15) is 11.4 Å². The Morgan fingerprint density at radius 1 is 1.33 bits per heavy atom. The van der Waals surface area contributed by atoms with Gasteiger partial charge in [-0.2, -0.15) is 20.6 Å². The molecule has 0 amide bonds. The Labute approximate surface area is 173 Å². The summed E-state index contributed by atoms with van der Waals surface area (Å²) in [4.78, 5) is 9.01. The van der Waals surface area contributed by atoms with Gasteiger partial charge in [-0.1, -0.05) is 0 Å². The molecule has 0 bridgehead atoms. The third-order valence-corrected chi connectivity index (χ3v) is 5.75. The molecule has 9 nitrogen and oxygen atoms in total. The highest BCUT2D eigenvalue weighted by Crippen LogP contribution is 2.45. The molecule has 4 aromatic rings. The molecule has 1 aliphatic rings. The number of hydrogen-bond acceptors (Lipinski definition) is 6. The van der Waals surface area contributed by atoms with Crippen molar-refractivity contribution < 1.29 is 0 Å². The lowest BCUT2D eigenvalue weighted by Gasteiger charge is -2.45. The summed E-state index contributed by atoms with van der Waals surface area (Å²) in [5.41, 5.74) is 4.74. The molecule has 0 aromatic carbocycles.